The van der Waals surface area contributed by atoms with Gasteiger partial charge in [-0.25, -0.2) is 4.79 Å². The van der Waals surface area contributed by atoms with Gasteiger partial charge in [0.1, 0.15) is 0 Å². The molecule has 7 nitrogen and oxygen atoms in total. The van der Waals surface area contributed by atoms with Crippen molar-refractivity contribution in [1.82, 2.24) is 23.1 Å². The van der Waals surface area contributed by atoms with E-state index < -0.39 is 0 Å². The molecule has 0 aliphatic rings. The number of hydrogen-bond acceptors (Lipinski definition) is 3. The highest BCUT2D eigenvalue weighted by Gasteiger charge is 2.24. The van der Waals surface area contributed by atoms with Crippen LogP contribution in [0, 0.1) is 0 Å². The molecule has 28 heavy (non-hydrogen) atoms. The van der Waals surface area contributed by atoms with Crippen LogP contribution in [-0.2, 0) is 27.1 Å². The lowest BCUT2D eigenvalue weighted by atomic mass is 10.1. The molecule has 4 aromatic rings. The monoisotopic (exact) mass is 379 g/mol. The van der Waals surface area contributed by atoms with Gasteiger partial charge in [-0.05, 0) is 12.8 Å². The maximum absolute atomic E-state index is 13.0. The van der Waals surface area contributed by atoms with E-state index in [2.05, 4.69) is 30.5 Å². The van der Waals surface area contributed by atoms with Gasteiger partial charge in [-0.1, -0.05) is 50.6 Å². The third kappa shape index (κ3) is 2.46. The van der Waals surface area contributed by atoms with Crippen molar-refractivity contribution < 1.29 is 0 Å². The Morgan fingerprint density at radius 2 is 1.71 bits per heavy atom. The Morgan fingerprint density at radius 1 is 1.00 bits per heavy atom. The summed E-state index contributed by atoms with van der Waals surface area (Å²) >= 11 is 0. The van der Waals surface area contributed by atoms with Gasteiger partial charge in [-0.3, -0.25) is 18.3 Å². The molecular formula is C21H25N5O2. The van der Waals surface area contributed by atoms with Crippen molar-refractivity contribution >= 4 is 16.9 Å². The summed E-state index contributed by atoms with van der Waals surface area (Å²) in [7, 11) is 3.18. The summed E-state index contributed by atoms with van der Waals surface area (Å²) in [5, 5.41) is 0. The zero-order valence-electron chi connectivity index (χ0n) is 16.8. The maximum atomic E-state index is 13.0. The molecule has 146 valence electrons. The number of aryl methyl sites for hydroxylation is 3. The Kier molecular flexibility index (Phi) is 4.45. The lowest BCUT2D eigenvalue weighted by Gasteiger charge is -2.10. The van der Waals surface area contributed by atoms with Crippen LogP contribution < -0.4 is 11.2 Å². The number of fused-ring (bicyclic) bond motifs is 3. The number of aromatic nitrogens is 5. The van der Waals surface area contributed by atoms with Crippen LogP contribution >= 0.6 is 0 Å². The molecule has 0 N–H and O–H groups in total. The highest BCUT2D eigenvalue weighted by Crippen LogP contribution is 2.30. The SMILES string of the molecule is CCCCn1c(-c2ccccc2)c(CC)n2c3c(=O)n(C)c(=O)n(C)c3nc12. The Labute approximate surface area is 162 Å². The Balaban J connectivity index is 2.22. The molecule has 0 radical (unpaired) electrons. The van der Waals surface area contributed by atoms with Gasteiger partial charge in [-0.15, -0.1) is 0 Å². The summed E-state index contributed by atoms with van der Waals surface area (Å²) in [4.78, 5) is 30.1. The van der Waals surface area contributed by atoms with Crippen LogP contribution in [0.1, 0.15) is 32.4 Å². The zero-order valence-corrected chi connectivity index (χ0v) is 16.8. The third-order valence-electron chi connectivity index (χ3n) is 5.41. The van der Waals surface area contributed by atoms with Crippen LogP contribution in [0.5, 0.6) is 0 Å². The number of benzene rings is 1. The first kappa shape index (κ1) is 18.3. The highest BCUT2D eigenvalue weighted by molar-refractivity contribution is 5.80. The van der Waals surface area contributed by atoms with Gasteiger partial charge in [0.15, 0.2) is 11.2 Å². The second kappa shape index (κ2) is 6.82. The number of rotatable bonds is 5. The minimum atomic E-state index is -0.361. The van der Waals surface area contributed by atoms with Crippen molar-refractivity contribution in [3.05, 3.63) is 56.9 Å². The minimum absolute atomic E-state index is 0.312. The Bertz CT molecular complexity index is 1290. The predicted molar refractivity (Wildman–Crippen MR) is 111 cm³/mol. The first-order valence-electron chi connectivity index (χ1n) is 9.76. The molecule has 0 bridgehead atoms. The number of nitrogens with zero attached hydrogens (tertiary/aromatic N) is 5. The summed E-state index contributed by atoms with van der Waals surface area (Å²) in [5.41, 5.74) is 3.46. The maximum Gasteiger partial charge on any atom is 0.332 e. The summed E-state index contributed by atoms with van der Waals surface area (Å²) in [6, 6.07) is 10.2. The topological polar surface area (TPSA) is 66.2 Å². The van der Waals surface area contributed by atoms with Crippen molar-refractivity contribution in [2.24, 2.45) is 14.1 Å². The number of hydrogen-bond donors (Lipinski definition) is 0. The van der Waals surface area contributed by atoms with E-state index in [1.54, 1.807) is 7.05 Å². The van der Waals surface area contributed by atoms with E-state index in [1.165, 1.54) is 11.6 Å². The van der Waals surface area contributed by atoms with Crippen molar-refractivity contribution in [1.29, 1.82) is 0 Å². The zero-order chi connectivity index (χ0) is 20.0. The van der Waals surface area contributed by atoms with Gasteiger partial charge < -0.3 is 4.57 Å². The van der Waals surface area contributed by atoms with E-state index in [-0.39, 0.29) is 11.2 Å². The first-order chi connectivity index (χ1) is 13.5. The van der Waals surface area contributed by atoms with Gasteiger partial charge in [0, 0.05) is 26.2 Å². The fraction of sp³-hybridized carbons (Fsp3) is 0.381. The lowest BCUT2D eigenvalue weighted by Crippen LogP contribution is -2.37. The van der Waals surface area contributed by atoms with Crippen molar-refractivity contribution in [2.75, 3.05) is 0 Å². The molecule has 0 atom stereocenters. The molecular weight excluding hydrogens is 354 g/mol. The van der Waals surface area contributed by atoms with Crippen molar-refractivity contribution in [2.45, 2.75) is 39.7 Å². The van der Waals surface area contributed by atoms with Crippen LogP contribution in [0.15, 0.2) is 39.9 Å². The van der Waals surface area contributed by atoms with Crippen LogP contribution in [0.2, 0.25) is 0 Å². The van der Waals surface area contributed by atoms with Gasteiger partial charge in [0.25, 0.3) is 5.56 Å². The lowest BCUT2D eigenvalue weighted by molar-refractivity contribution is 0.647. The fourth-order valence-corrected chi connectivity index (χ4v) is 3.95. The van der Waals surface area contributed by atoms with E-state index in [9.17, 15) is 9.59 Å². The fourth-order valence-electron chi connectivity index (χ4n) is 3.95. The molecule has 0 amide bonds. The van der Waals surface area contributed by atoms with E-state index >= 15 is 0 Å². The molecule has 3 heterocycles. The van der Waals surface area contributed by atoms with Crippen LogP contribution in [0.3, 0.4) is 0 Å². The molecule has 7 heteroatoms. The van der Waals surface area contributed by atoms with Crippen LogP contribution in [-0.4, -0.2) is 23.1 Å². The van der Waals surface area contributed by atoms with Crippen LogP contribution in [0.25, 0.3) is 28.2 Å². The smallest absolute Gasteiger partial charge is 0.309 e. The van der Waals surface area contributed by atoms with Crippen molar-refractivity contribution in [3.8, 4) is 11.3 Å². The average Bonchev–Trinajstić information content (AvgIpc) is 3.24. The molecule has 0 aliphatic heterocycles. The van der Waals surface area contributed by atoms with Crippen molar-refractivity contribution in [3.63, 3.8) is 0 Å². The predicted octanol–water partition coefficient (Wildman–Crippen LogP) is 2.72. The van der Waals surface area contributed by atoms with Gasteiger partial charge in [0.2, 0.25) is 5.78 Å². The molecule has 0 fully saturated rings. The Hall–Kier alpha value is -3.09. The van der Waals surface area contributed by atoms with E-state index in [0.29, 0.717) is 11.2 Å². The molecule has 0 spiro atoms. The largest absolute Gasteiger partial charge is 0.332 e. The summed E-state index contributed by atoms with van der Waals surface area (Å²) in [6.07, 6.45) is 2.81. The molecule has 0 saturated heterocycles. The molecule has 0 aliphatic carbocycles. The van der Waals surface area contributed by atoms with Gasteiger partial charge in [0.05, 0.1) is 11.4 Å². The standard InChI is InChI=1S/C21H25N5O2/c1-5-7-13-25-16(14-11-9-8-10-12-14)15(6-2)26-17-18(22-20(25)26)23(3)21(28)24(4)19(17)27/h8-12H,5-7,13H2,1-4H3. The molecule has 1 aromatic carbocycles. The first-order valence-corrected chi connectivity index (χ1v) is 9.76. The molecule has 0 unspecified atom stereocenters. The molecule has 4 rings (SSSR count). The highest BCUT2D eigenvalue weighted by atomic mass is 16.2. The quantitative estimate of drug-likeness (QED) is 0.535. The Morgan fingerprint density at radius 3 is 2.36 bits per heavy atom. The van der Waals surface area contributed by atoms with E-state index in [0.717, 1.165) is 53.1 Å². The summed E-state index contributed by atoms with van der Waals surface area (Å²) < 4.78 is 6.76. The summed E-state index contributed by atoms with van der Waals surface area (Å²) in [6.45, 7) is 5.05. The summed E-state index contributed by atoms with van der Waals surface area (Å²) in [5.74, 6) is 0.720. The normalized spacial score (nSPS) is 11.7. The van der Waals surface area contributed by atoms with E-state index in [1.807, 2.05) is 22.6 Å². The molecule has 3 aromatic heterocycles. The second-order valence-electron chi connectivity index (χ2n) is 7.15. The minimum Gasteiger partial charge on any atom is -0.309 e. The number of unbranched alkanes of at least 4 members (excludes halogenated alkanes) is 1. The van der Waals surface area contributed by atoms with Gasteiger partial charge >= 0.3 is 5.69 Å². The second-order valence-corrected chi connectivity index (χ2v) is 7.15. The third-order valence-corrected chi connectivity index (χ3v) is 5.41. The number of imidazole rings is 2. The van der Waals surface area contributed by atoms with Gasteiger partial charge in [-0.2, -0.15) is 4.98 Å². The average molecular weight is 379 g/mol. The van der Waals surface area contributed by atoms with Crippen LogP contribution in [0.4, 0.5) is 0 Å². The van der Waals surface area contributed by atoms with E-state index in [4.69, 9.17) is 4.98 Å². The molecule has 0 saturated carbocycles.